The van der Waals surface area contributed by atoms with E-state index < -0.39 is 0 Å². The van der Waals surface area contributed by atoms with Crippen molar-refractivity contribution in [3.05, 3.63) is 107 Å². The van der Waals surface area contributed by atoms with Crippen LogP contribution < -0.4 is 5.32 Å². The molecule has 1 aromatic heterocycles. The van der Waals surface area contributed by atoms with E-state index in [4.69, 9.17) is 4.98 Å². The van der Waals surface area contributed by atoms with Gasteiger partial charge in [0.1, 0.15) is 5.82 Å². The second kappa shape index (κ2) is 9.90. The fraction of sp³-hybridized carbons (Fsp3) is 0.185. The lowest BCUT2D eigenvalue weighted by atomic mass is 10.1. The van der Waals surface area contributed by atoms with Crippen LogP contribution >= 0.6 is 0 Å². The molecule has 3 aromatic carbocycles. The third-order valence-electron chi connectivity index (χ3n) is 5.41. The van der Waals surface area contributed by atoms with E-state index in [1.54, 1.807) is 0 Å². The van der Waals surface area contributed by atoms with E-state index >= 15 is 0 Å². The van der Waals surface area contributed by atoms with Gasteiger partial charge in [0.05, 0.1) is 17.5 Å². The number of carbonyl (C=O) groups excluding carboxylic acids is 1. The Hall–Kier alpha value is -3.66. The first-order valence-corrected chi connectivity index (χ1v) is 10.7. The number of aromatic nitrogens is 2. The number of aryl methyl sites for hydroxylation is 1. The van der Waals surface area contributed by atoms with Crippen molar-refractivity contribution >= 4 is 23.0 Å². The molecule has 0 saturated carbocycles. The van der Waals surface area contributed by atoms with E-state index in [0.29, 0.717) is 19.4 Å². The number of fused-ring (bicyclic) bond motifs is 1. The van der Waals surface area contributed by atoms with Crippen LogP contribution in [0.3, 0.4) is 0 Å². The maximum atomic E-state index is 12.4. The number of imidazole rings is 1. The molecule has 1 heterocycles. The maximum absolute atomic E-state index is 12.4. The van der Waals surface area contributed by atoms with Gasteiger partial charge in [-0.2, -0.15) is 0 Å². The van der Waals surface area contributed by atoms with Gasteiger partial charge in [-0.15, -0.1) is 0 Å². The summed E-state index contributed by atoms with van der Waals surface area (Å²) in [7, 11) is 0. The number of nitrogens with zero attached hydrogens (tertiary/aromatic N) is 2. The lowest BCUT2D eigenvalue weighted by molar-refractivity contribution is -0.120. The molecule has 0 aliphatic rings. The summed E-state index contributed by atoms with van der Waals surface area (Å²) >= 11 is 0. The zero-order valence-electron chi connectivity index (χ0n) is 17.8. The topological polar surface area (TPSA) is 46.9 Å². The lowest BCUT2D eigenvalue weighted by Gasteiger charge is -2.09. The van der Waals surface area contributed by atoms with Crippen LogP contribution in [-0.2, 0) is 24.2 Å². The van der Waals surface area contributed by atoms with Gasteiger partial charge in [0, 0.05) is 19.5 Å². The first-order chi connectivity index (χ1) is 15.2. The highest BCUT2D eigenvalue weighted by Gasteiger charge is 2.10. The molecular formula is C27H27N3O. The van der Waals surface area contributed by atoms with Crippen LogP contribution in [-0.4, -0.2) is 22.0 Å². The minimum Gasteiger partial charge on any atom is -0.355 e. The van der Waals surface area contributed by atoms with Gasteiger partial charge in [-0.25, -0.2) is 4.98 Å². The summed E-state index contributed by atoms with van der Waals surface area (Å²) in [5, 5.41) is 3.05. The Labute approximate surface area is 183 Å². The van der Waals surface area contributed by atoms with Gasteiger partial charge in [0.25, 0.3) is 0 Å². The SMILES string of the molecule is Cc1ccccc1CC(=O)NCCc1nc2ccccc2n1C/C=C/c1ccccc1. The number of para-hydroxylation sites is 2. The summed E-state index contributed by atoms with van der Waals surface area (Å²) in [6.07, 6.45) is 5.38. The standard InChI is InChI=1S/C27H27N3O/c1-21-10-5-6-14-23(21)20-27(31)28-18-17-26-29-24-15-7-8-16-25(24)30(26)19-9-13-22-11-3-2-4-12-22/h2-16H,17-20H2,1H3,(H,28,31)/b13-9+. The largest absolute Gasteiger partial charge is 0.355 e. The quantitative estimate of drug-likeness (QED) is 0.447. The van der Waals surface area contributed by atoms with Crippen LogP contribution in [0.2, 0.25) is 0 Å². The van der Waals surface area contributed by atoms with Crippen molar-refractivity contribution in [2.24, 2.45) is 0 Å². The highest BCUT2D eigenvalue weighted by molar-refractivity contribution is 5.79. The van der Waals surface area contributed by atoms with Crippen molar-refractivity contribution in [2.75, 3.05) is 6.54 Å². The van der Waals surface area contributed by atoms with Crippen LogP contribution in [0.5, 0.6) is 0 Å². The zero-order valence-corrected chi connectivity index (χ0v) is 17.8. The van der Waals surface area contributed by atoms with Crippen molar-refractivity contribution in [1.82, 2.24) is 14.9 Å². The number of allylic oxidation sites excluding steroid dienone is 1. The highest BCUT2D eigenvalue weighted by Crippen LogP contribution is 2.17. The summed E-state index contributed by atoms with van der Waals surface area (Å²) in [6, 6.07) is 26.5. The van der Waals surface area contributed by atoms with Crippen molar-refractivity contribution in [2.45, 2.75) is 26.3 Å². The molecule has 0 radical (unpaired) electrons. The molecule has 1 amide bonds. The molecule has 156 valence electrons. The van der Waals surface area contributed by atoms with Crippen molar-refractivity contribution in [1.29, 1.82) is 0 Å². The number of nitrogens with one attached hydrogen (secondary N) is 1. The molecule has 31 heavy (non-hydrogen) atoms. The van der Waals surface area contributed by atoms with Gasteiger partial charge in [-0.05, 0) is 35.7 Å². The molecule has 0 aliphatic carbocycles. The molecule has 4 heteroatoms. The van der Waals surface area contributed by atoms with Crippen LogP contribution in [0.25, 0.3) is 17.1 Å². The zero-order chi connectivity index (χ0) is 21.5. The van der Waals surface area contributed by atoms with Crippen molar-refractivity contribution in [3.8, 4) is 0 Å². The van der Waals surface area contributed by atoms with Gasteiger partial charge in [-0.3, -0.25) is 4.79 Å². The van der Waals surface area contributed by atoms with Crippen LogP contribution in [0.1, 0.15) is 22.5 Å². The summed E-state index contributed by atoms with van der Waals surface area (Å²) in [5.74, 6) is 1.02. The number of hydrogen-bond donors (Lipinski definition) is 1. The van der Waals surface area contributed by atoms with Gasteiger partial charge in [0.15, 0.2) is 0 Å². The van der Waals surface area contributed by atoms with Gasteiger partial charge in [0.2, 0.25) is 5.91 Å². The van der Waals surface area contributed by atoms with Crippen LogP contribution in [0.4, 0.5) is 0 Å². The summed E-state index contributed by atoms with van der Waals surface area (Å²) in [6.45, 7) is 3.34. The predicted molar refractivity (Wildman–Crippen MR) is 127 cm³/mol. The second-order valence-corrected chi connectivity index (χ2v) is 7.64. The molecule has 0 aliphatic heterocycles. The Morgan fingerprint density at radius 2 is 1.71 bits per heavy atom. The Kier molecular flexibility index (Phi) is 6.58. The number of amides is 1. The molecule has 0 spiro atoms. The van der Waals surface area contributed by atoms with E-state index in [2.05, 4.69) is 40.2 Å². The van der Waals surface area contributed by atoms with Gasteiger partial charge >= 0.3 is 0 Å². The molecule has 0 unspecified atom stereocenters. The third-order valence-corrected chi connectivity index (χ3v) is 5.41. The number of benzene rings is 3. The van der Waals surface area contributed by atoms with Crippen molar-refractivity contribution in [3.63, 3.8) is 0 Å². The molecule has 4 aromatic rings. The normalized spacial score (nSPS) is 11.3. The first kappa shape index (κ1) is 20.6. The third kappa shape index (κ3) is 5.28. The number of hydrogen-bond acceptors (Lipinski definition) is 2. The highest BCUT2D eigenvalue weighted by atomic mass is 16.1. The van der Waals surface area contributed by atoms with Crippen LogP contribution in [0.15, 0.2) is 84.9 Å². The van der Waals surface area contributed by atoms with E-state index in [1.807, 2.05) is 67.6 Å². The fourth-order valence-corrected chi connectivity index (χ4v) is 3.74. The molecule has 0 bridgehead atoms. The Morgan fingerprint density at radius 1 is 0.968 bits per heavy atom. The Balaban J connectivity index is 1.42. The predicted octanol–water partition coefficient (Wildman–Crippen LogP) is 4.96. The monoisotopic (exact) mass is 409 g/mol. The molecule has 0 atom stereocenters. The first-order valence-electron chi connectivity index (χ1n) is 10.7. The summed E-state index contributed by atoms with van der Waals surface area (Å²) in [5.41, 5.74) is 5.48. The summed E-state index contributed by atoms with van der Waals surface area (Å²) < 4.78 is 2.22. The van der Waals surface area contributed by atoms with E-state index in [-0.39, 0.29) is 5.91 Å². The lowest BCUT2D eigenvalue weighted by Crippen LogP contribution is -2.28. The van der Waals surface area contributed by atoms with E-state index in [9.17, 15) is 4.79 Å². The minimum atomic E-state index is 0.0425. The molecule has 4 nitrogen and oxygen atoms in total. The van der Waals surface area contributed by atoms with E-state index in [1.165, 1.54) is 5.56 Å². The molecular weight excluding hydrogens is 382 g/mol. The summed E-state index contributed by atoms with van der Waals surface area (Å²) in [4.78, 5) is 17.2. The van der Waals surface area contributed by atoms with Crippen molar-refractivity contribution < 1.29 is 4.79 Å². The molecule has 0 fully saturated rings. The smallest absolute Gasteiger partial charge is 0.224 e. The fourth-order valence-electron chi connectivity index (χ4n) is 3.74. The van der Waals surface area contributed by atoms with E-state index in [0.717, 1.165) is 34.5 Å². The molecule has 0 saturated heterocycles. The van der Waals surface area contributed by atoms with Crippen LogP contribution in [0, 0.1) is 6.92 Å². The average Bonchev–Trinajstić information content (AvgIpc) is 3.14. The molecule has 4 rings (SSSR count). The Bertz CT molecular complexity index is 1190. The maximum Gasteiger partial charge on any atom is 0.224 e. The second-order valence-electron chi connectivity index (χ2n) is 7.64. The number of rotatable bonds is 8. The minimum absolute atomic E-state index is 0.0425. The molecule has 1 N–H and O–H groups in total. The van der Waals surface area contributed by atoms with Gasteiger partial charge < -0.3 is 9.88 Å². The average molecular weight is 410 g/mol. The Morgan fingerprint density at radius 3 is 2.55 bits per heavy atom. The number of carbonyl (C=O) groups is 1. The van der Waals surface area contributed by atoms with Gasteiger partial charge in [-0.1, -0.05) is 78.9 Å².